The van der Waals surface area contributed by atoms with Crippen molar-refractivity contribution in [2.75, 3.05) is 0 Å². The molecule has 0 nitrogen and oxygen atoms in total. The predicted octanol–water partition coefficient (Wildman–Crippen LogP) is 4.56. The Balaban J connectivity index is 2.07. The second-order valence-electron chi connectivity index (χ2n) is 3.91. The van der Waals surface area contributed by atoms with Crippen LogP contribution in [0.5, 0.6) is 0 Å². The van der Waals surface area contributed by atoms with Crippen molar-refractivity contribution in [2.45, 2.75) is 45.4 Å². The van der Waals surface area contributed by atoms with Crippen LogP contribution in [0, 0.1) is 6.07 Å². The molecule has 0 spiro atoms. The van der Waals surface area contributed by atoms with Gasteiger partial charge in [0.2, 0.25) is 0 Å². The minimum Gasteiger partial charge on any atom is -0.0882 e. The molecule has 1 rings (SSSR count). The van der Waals surface area contributed by atoms with E-state index in [4.69, 9.17) is 0 Å². The third kappa shape index (κ3) is 6.11. The lowest BCUT2D eigenvalue weighted by Crippen LogP contribution is -1.79. The van der Waals surface area contributed by atoms with Gasteiger partial charge in [0.1, 0.15) is 0 Å². The van der Waals surface area contributed by atoms with E-state index in [9.17, 15) is 0 Å². The molecule has 0 aromatic heterocycles. The molecule has 1 aromatic rings. The van der Waals surface area contributed by atoms with Crippen LogP contribution in [0.25, 0.3) is 0 Å². The molecule has 0 amide bonds. The number of hydrogen-bond acceptors (Lipinski definition) is 0. The summed E-state index contributed by atoms with van der Waals surface area (Å²) < 4.78 is 0. The first-order valence-electron chi connectivity index (χ1n) is 6.04. The molecule has 0 heterocycles. The Labute approximate surface area is 94.0 Å². The molecular weight excluding hydrogens is 180 g/mol. The SMILES string of the molecule is CCCCCCC=CCc1[c]cccc1. The Bertz CT molecular complexity index is 259. The minimum absolute atomic E-state index is 1.02. The average Bonchev–Trinajstić information content (AvgIpc) is 2.29. The molecule has 1 aromatic carbocycles. The molecule has 0 N–H and O–H groups in total. The maximum Gasteiger partial charge on any atom is -0.00913 e. The van der Waals surface area contributed by atoms with E-state index in [1.165, 1.54) is 37.7 Å². The molecular formula is C15H21. The van der Waals surface area contributed by atoms with Crippen molar-refractivity contribution >= 4 is 0 Å². The second-order valence-corrected chi connectivity index (χ2v) is 3.91. The van der Waals surface area contributed by atoms with Gasteiger partial charge in [-0.2, -0.15) is 0 Å². The van der Waals surface area contributed by atoms with Gasteiger partial charge < -0.3 is 0 Å². The molecule has 0 aliphatic heterocycles. The van der Waals surface area contributed by atoms with E-state index in [1.54, 1.807) is 0 Å². The summed E-state index contributed by atoms with van der Waals surface area (Å²) in [4.78, 5) is 0. The van der Waals surface area contributed by atoms with E-state index in [-0.39, 0.29) is 0 Å². The molecule has 0 fully saturated rings. The highest BCUT2D eigenvalue weighted by Gasteiger charge is 1.87. The number of hydrogen-bond donors (Lipinski definition) is 0. The smallest absolute Gasteiger partial charge is 0.00913 e. The fourth-order valence-corrected chi connectivity index (χ4v) is 1.57. The van der Waals surface area contributed by atoms with Gasteiger partial charge in [0.25, 0.3) is 0 Å². The summed E-state index contributed by atoms with van der Waals surface area (Å²) in [6, 6.07) is 11.4. The van der Waals surface area contributed by atoms with Crippen molar-refractivity contribution in [1.82, 2.24) is 0 Å². The van der Waals surface area contributed by atoms with Crippen molar-refractivity contribution in [2.24, 2.45) is 0 Å². The lowest BCUT2D eigenvalue weighted by molar-refractivity contribution is 0.674. The van der Waals surface area contributed by atoms with Crippen molar-refractivity contribution in [3.63, 3.8) is 0 Å². The fraction of sp³-hybridized carbons (Fsp3) is 0.467. The lowest BCUT2D eigenvalue weighted by Gasteiger charge is -1.95. The van der Waals surface area contributed by atoms with Gasteiger partial charge in [-0.05, 0) is 30.9 Å². The van der Waals surface area contributed by atoms with Gasteiger partial charge in [-0.15, -0.1) is 0 Å². The van der Waals surface area contributed by atoms with Crippen molar-refractivity contribution in [3.8, 4) is 0 Å². The van der Waals surface area contributed by atoms with E-state index in [0.29, 0.717) is 0 Å². The van der Waals surface area contributed by atoms with Gasteiger partial charge in [-0.3, -0.25) is 0 Å². The number of unbranched alkanes of at least 4 members (excludes halogenated alkanes) is 4. The molecule has 0 saturated heterocycles. The molecule has 0 aliphatic carbocycles. The summed E-state index contributed by atoms with van der Waals surface area (Å²) in [5, 5.41) is 0. The molecule has 0 heteroatoms. The summed E-state index contributed by atoms with van der Waals surface area (Å²) in [5.41, 5.74) is 1.28. The van der Waals surface area contributed by atoms with Gasteiger partial charge in [-0.1, -0.05) is 62.6 Å². The topological polar surface area (TPSA) is 0 Å². The predicted molar refractivity (Wildman–Crippen MR) is 66.9 cm³/mol. The molecule has 0 saturated carbocycles. The van der Waals surface area contributed by atoms with Gasteiger partial charge in [0, 0.05) is 0 Å². The highest BCUT2D eigenvalue weighted by atomic mass is 13.9. The average molecular weight is 201 g/mol. The molecule has 15 heavy (non-hydrogen) atoms. The second kappa shape index (κ2) is 8.28. The van der Waals surface area contributed by atoms with Gasteiger partial charge >= 0.3 is 0 Å². The van der Waals surface area contributed by atoms with Crippen LogP contribution in [0.3, 0.4) is 0 Å². The summed E-state index contributed by atoms with van der Waals surface area (Å²) in [6.07, 6.45) is 12.2. The Morgan fingerprint density at radius 2 is 2.07 bits per heavy atom. The normalized spacial score (nSPS) is 11.0. The Kier molecular flexibility index (Phi) is 6.64. The zero-order valence-corrected chi connectivity index (χ0v) is 9.71. The molecule has 1 radical (unpaired) electrons. The Hall–Kier alpha value is -1.04. The summed E-state index contributed by atoms with van der Waals surface area (Å²) in [7, 11) is 0. The quantitative estimate of drug-likeness (QED) is 0.448. The molecule has 81 valence electrons. The van der Waals surface area contributed by atoms with Gasteiger partial charge in [0.05, 0.1) is 0 Å². The summed E-state index contributed by atoms with van der Waals surface area (Å²) in [6.45, 7) is 2.25. The van der Waals surface area contributed by atoms with Crippen LogP contribution in [0.15, 0.2) is 36.4 Å². The maximum absolute atomic E-state index is 3.23. The van der Waals surface area contributed by atoms with Crippen molar-refractivity contribution in [3.05, 3.63) is 48.0 Å². The van der Waals surface area contributed by atoms with E-state index in [0.717, 1.165) is 6.42 Å². The zero-order valence-electron chi connectivity index (χ0n) is 9.71. The van der Waals surface area contributed by atoms with Crippen LogP contribution in [-0.2, 0) is 6.42 Å². The number of rotatable bonds is 7. The minimum atomic E-state index is 1.02. The molecule has 0 atom stereocenters. The van der Waals surface area contributed by atoms with Crippen LogP contribution in [-0.4, -0.2) is 0 Å². The standard InChI is InChI=1S/C15H21/c1-2-3-4-5-6-7-9-12-15-13-10-8-11-14-15/h7-11,13H,2-6,12H2,1H3. The first-order chi connectivity index (χ1) is 7.43. The van der Waals surface area contributed by atoms with Crippen LogP contribution < -0.4 is 0 Å². The van der Waals surface area contributed by atoms with Gasteiger partial charge in [0.15, 0.2) is 0 Å². The summed E-state index contributed by atoms with van der Waals surface area (Å²) >= 11 is 0. The monoisotopic (exact) mass is 201 g/mol. The first kappa shape index (κ1) is 12.0. The van der Waals surface area contributed by atoms with Crippen LogP contribution >= 0.6 is 0 Å². The third-order valence-corrected chi connectivity index (χ3v) is 2.50. The third-order valence-electron chi connectivity index (χ3n) is 2.50. The molecule has 0 aliphatic rings. The van der Waals surface area contributed by atoms with Crippen LogP contribution in [0.1, 0.15) is 44.6 Å². The Morgan fingerprint density at radius 3 is 2.80 bits per heavy atom. The van der Waals surface area contributed by atoms with Crippen LogP contribution in [0.2, 0.25) is 0 Å². The van der Waals surface area contributed by atoms with E-state index < -0.39 is 0 Å². The molecule has 0 unspecified atom stereocenters. The zero-order chi connectivity index (χ0) is 10.8. The number of allylic oxidation sites excluding steroid dienone is 2. The highest BCUT2D eigenvalue weighted by molar-refractivity contribution is 5.15. The number of benzene rings is 1. The summed E-state index contributed by atoms with van der Waals surface area (Å²) in [5.74, 6) is 0. The van der Waals surface area contributed by atoms with Crippen molar-refractivity contribution in [1.29, 1.82) is 0 Å². The van der Waals surface area contributed by atoms with E-state index in [1.807, 2.05) is 12.1 Å². The van der Waals surface area contributed by atoms with E-state index in [2.05, 4.69) is 37.3 Å². The van der Waals surface area contributed by atoms with Crippen molar-refractivity contribution < 1.29 is 0 Å². The fourth-order valence-electron chi connectivity index (χ4n) is 1.57. The largest absolute Gasteiger partial charge is 0.0882 e. The van der Waals surface area contributed by atoms with Gasteiger partial charge in [-0.25, -0.2) is 0 Å². The van der Waals surface area contributed by atoms with E-state index >= 15 is 0 Å². The molecule has 0 bridgehead atoms. The van der Waals surface area contributed by atoms with Crippen LogP contribution in [0.4, 0.5) is 0 Å². The maximum atomic E-state index is 3.23. The Morgan fingerprint density at radius 1 is 1.13 bits per heavy atom. The first-order valence-corrected chi connectivity index (χ1v) is 6.04. The highest BCUT2D eigenvalue weighted by Crippen LogP contribution is 2.04. The lowest BCUT2D eigenvalue weighted by atomic mass is 10.1.